The summed E-state index contributed by atoms with van der Waals surface area (Å²) in [5.74, 6) is 0.134. The van der Waals surface area contributed by atoms with Gasteiger partial charge in [0.2, 0.25) is 0 Å². The highest BCUT2D eigenvalue weighted by Crippen LogP contribution is 2.26. The Morgan fingerprint density at radius 2 is 1.95 bits per heavy atom. The summed E-state index contributed by atoms with van der Waals surface area (Å²) < 4.78 is 0. The largest absolute Gasteiger partial charge is 0.506 e. The Morgan fingerprint density at radius 1 is 1.21 bits per heavy atom. The maximum absolute atomic E-state index is 9.45. The van der Waals surface area contributed by atoms with E-state index in [0.717, 1.165) is 12.1 Å². The third-order valence-corrected chi connectivity index (χ3v) is 3.96. The third kappa shape index (κ3) is 3.85. The summed E-state index contributed by atoms with van der Waals surface area (Å²) in [6, 6.07) is 5.93. The van der Waals surface area contributed by atoms with Crippen molar-refractivity contribution >= 4 is 5.69 Å². The van der Waals surface area contributed by atoms with Gasteiger partial charge in [0.05, 0.1) is 12.3 Å². The predicted octanol–water partition coefficient (Wildman–Crippen LogP) is 2.10. The van der Waals surface area contributed by atoms with Gasteiger partial charge in [0.15, 0.2) is 0 Å². The molecule has 4 nitrogen and oxygen atoms in total. The van der Waals surface area contributed by atoms with Crippen molar-refractivity contribution in [2.45, 2.75) is 44.7 Å². The molecule has 0 aliphatic heterocycles. The maximum atomic E-state index is 9.45. The number of aromatic hydroxyl groups is 1. The number of phenolic OH excluding ortho intramolecular Hbond substituents is 1. The lowest BCUT2D eigenvalue weighted by molar-refractivity contribution is 0.117. The van der Waals surface area contributed by atoms with Crippen LogP contribution in [0.25, 0.3) is 0 Å². The van der Waals surface area contributed by atoms with Crippen LogP contribution >= 0.6 is 0 Å². The van der Waals surface area contributed by atoms with E-state index in [1.807, 2.05) is 12.1 Å². The smallest absolute Gasteiger partial charge is 0.138 e. The van der Waals surface area contributed by atoms with Crippen molar-refractivity contribution < 1.29 is 10.2 Å². The Kier molecular flexibility index (Phi) is 5.05. The minimum Gasteiger partial charge on any atom is -0.506 e. The number of nitrogens with two attached hydrogens (primary N) is 1. The van der Waals surface area contributed by atoms with Gasteiger partial charge in [0, 0.05) is 19.1 Å². The molecule has 1 saturated carbocycles. The molecule has 1 aliphatic rings. The van der Waals surface area contributed by atoms with Gasteiger partial charge in [0.1, 0.15) is 5.75 Å². The quantitative estimate of drug-likeness (QED) is 0.562. The minimum atomic E-state index is 0.134. The van der Waals surface area contributed by atoms with Crippen molar-refractivity contribution in [3.8, 4) is 5.75 Å². The van der Waals surface area contributed by atoms with Gasteiger partial charge in [-0.2, -0.15) is 0 Å². The molecule has 4 heteroatoms. The van der Waals surface area contributed by atoms with Gasteiger partial charge in [0.25, 0.3) is 0 Å². The molecule has 1 fully saturated rings. The molecule has 1 aromatic rings. The number of rotatable bonds is 5. The number of hydrogen-bond acceptors (Lipinski definition) is 4. The summed E-state index contributed by atoms with van der Waals surface area (Å²) in [6.07, 6.45) is 6.32. The van der Waals surface area contributed by atoms with Crippen LogP contribution in [-0.2, 0) is 6.54 Å². The molecule has 0 heterocycles. The summed E-state index contributed by atoms with van der Waals surface area (Å²) in [5, 5.41) is 18.7. The fourth-order valence-electron chi connectivity index (χ4n) is 2.90. The van der Waals surface area contributed by atoms with Crippen molar-refractivity contribution in [2.75, 3.05) is 18.9 Å². The minimum absolute atomic E-state index is 0.134. The van der Waals surface area contributed by atoms with Crippen molar-refractivity contribution in [3.63, 3.8) is 0 Å². The Morgan fingerprint density at radius 3 is 2.58 bits per heavy atom. The van der Waals surface area contributed by atoms with Gasteiger partial charge in [-0.3, -0.25) is 4.90 Å². The van der Waals surface area contributed by atoms with Gasteiger partial charge >= 0.3 is 0 Å². The number of hydrogen-bond donors (Lipinski definition) is 3. The number of anilines is 1. The third-order valence-electron chi connectivity index (χ3n) is 3.96. The van der Waals surface area contributed by atoms with Crippen LogP contribution in [0, 0.1) is 0 Å². The van der Waals surface area contributed by atoms with Crippen LogP contribution in [0.3, 0.4) is 0 Å². The molecule has 0 radical (unpaired) electrons. The highest BCUT2D eigenvalue weighted by Gasteiger charge is 2.20. The van der Waals surface area contributed by atoms with Crippen LogP contribution in [0.15, 0.2) is 18.2 Å². The second-order valence-corrected chi connectivity index (χ2v) is 5.38. The lowest BCUT2D eigenvalue weighted by Gasteiger charge is -2.34. The molecule has 1 aromatic carbocycles. The standard InChI is InChI=1S/C15H24N2O2/c16-14-10-12(6-7-15(14)19)11-17(8-9-18)13-4-2-1-3-5-13/h6-7,10,13,18-19H,1-5,8-9,11,16H2. The first kappa shape index (κ1) is 14.2. The van der Waals surface area contributed by atoms with Crippen LogP contribution in [0.1, 0.15) is 37.7 Å². The second kappa shape index (κ2) is 6.78. The van der Waals surface area contributed by atoms with Crippen molar-refractivity contribution in [2.24, 2.45) is 0 Å². The van der Waals surface area contributed by atoms with Gasteiger partial charge in [-0.05, 0) is 30.5 Å². The summed E-state index contributed by atoms with van der Waals surface area (Å²) in [4.78, 5) is 2.34. The van der Waals surface area contributed by atoms with Gasteiger partial charge in [-0.15, -0.1) is 0 Å². The van der Waals surface area contributed by atoms with E-state index in [2.05, 4.69) is 4.90 Å². The Hall–Kier alpha value is -1.26. The zero-order valence-corrected chi connectivity index (χ0v) is 11.4. The highest BCUT2D eigenvalue weighted by molar-refractivity contribution is 5.53. The van der Waals surface area contributed by atoms with Gasteiger partial charge in [-0.25, -0.2) is 0 Å². The molecule has 0 saturated heterocycles. The van der Waals surface area contributed by atoms with Crippen molar-refractivity contribution in [1.29, 1.82) is 0 Å². The van der Waals surface area contributed by atoms with Crippen LogP contribution in [0.4, 0.5) is 5.69 Å². The SMILES string of the molecule is Nc1cc(CN(CCO)C2CCCCC2)ccc1O. The van der Waals surface area contributed by atoms with E-state index in [4.69, 9.17) is 5.73 Å². The fraction of sp³-hybridized carbons (Fsp3) is 0.600. The number of nitrogen functional groups attached to an aromatic ring is 1. The molecule has 0 unspecified atom stereocenters. The fourth-order valence-corrected chi connectivity index (χ4v) is 2.90. The van der Waals surface area contributed by atoms with E-state index in [1.165, 1.54) is 32.1 Å². The number of aliphatic hydroxyl groups is 1. The monoisotopic (exact) mass is 264 g/mol. The summed E-state index contributed by atoms with van der Waals surface area (Å²) >= 11 is 0. The molecule has 0 amide bonds. The topological polar surface area (TPSA) is 69.7 Å². The summed E-state index contributed by atoms with van der Waals surface area (Å²) in [5.41, 5.74) is 7.24. The van der Waals surface area contributed by atoms with E-state index < -0.39 is 0 Å². The molecule has 1 aliphatic carbocycles. The van der Waals surface area contributed by atoms with Gasteiger partial charge in [-0.1, -0.05) is 25.3 Å². The maximum Gasteiger partial charge on any atom is 0.138 e. The van der Waals surface area contributed by atoms with E-state index in [9.17, 15) is 10.2 Å². The highest BCUT2D eigenvalue weighted by atomic mass is 16.3. The molecular weight excluding hydrogens is 240 g/mol. The van der Waals surface area contributed by atoms with Crippen molar-refractivity contribution in [1.82, 2.24) is 4.90 Å². The van der Waals surface area contributed by atoms with E-state index in [1.54, 1.807) is 6.07 Å². The molecular formula is C15H24N2O2. The number of nitrogens with zero attached hydrogens (tertiary/aromatic N) is 1. The average Bonchev–Trinajstić information content (AvgIpc) is 2.43. The first-order chi connectivity index (χ1) is 9.20. The first-order valence-electron chi connectivity index (χ1n) is 7.13. The van der Waals surface area contributed by atoms with E-state index in [-0.39, 0.29) is 12.4 Å². The molecule has 0 atom stereocenters. The summed E-state index contributed by atoms with van der Waals surface area (Å²) in [7, 11) is 0. The molecule has 0 bridgehead atoms. The zero-order chi connectivity index (χ0) is 13.7. The molecule has 2 rings (SSSR count). The van der Waals surface area contributed by atoms with E-state index in [0.29, 0.717) is 18.3 Å². The summed E-state index contributed by atoms with van der Waals surface area (Å²) in [6.45, 7) is 1.67. The van der Waals surface area contributed by atoms with Crippen LogP contribution in [-0.4, -0.2) is 34.3 Å². The zero-order valence-electron chi connectivity index (χ0n) is 11.4. The van der Waals surface area contributed by atoms with Crippen LogP contribution in [0.2, 0.25) is 0 Å². The molecule has 4 N–H and O–H groups in total. The number of aliphatic hydroxyl groups excluding tert-OH is 1. The van der Waals surface area contributed by atoms with E-state index >= 15 is 0 Å². The Balaban J connectivity index is 2.04. The van der Waals surface area contributed by atoms with Gasteiger partial charge < -0.3 is 15.9 Å². The lowest BCUT2D eigenvalue weighted by atomic mass is 9.94. The molecule has 0 aromatic heterocycles. The Bertz CT molecular complexity index is 403. The molecule has 19 heavy (non-hydrogen) atoms. The van der Waals surface area contributed by atoms with Crippen LogP contribution < -0.4 is 5.73 Å². The predicted molar refractivity (Wildman–Crippen MR) is 76.9 cm³/mol. The molecule has 106 valence electrons. The molecule has 0 spiro atoms. The normalized spacial score (nSPS) is 16.9. The average molecular weight is 264 g/mol. The Labute approximate surface area is 114 Å². The van der Waals surface area contributed by atoms with Crippen molar-refractivity contribution in [3.05, 3.63) is 23.8 Å². The lowest BCUT2D eigenvalue weighted by Crippen LogP contribution is -2.38. The number of benzene rings is 1. The first-order valence-corrected chi connectivity index (χ1v) is 7.13. The second-order valence-electron chi connectivity index (χ2n) is 5.38. The number of phenols is 1. The van der Waals surface area contributed by atoms with Crippen LogP contribution in [0.5, 0.6) is 5.75 Å².